The Morgan fingerprint density at radius 1 is 1.25 bits per heavy atom. The predicted molar refractivity (Wildman–Crippen MR) is 93.9 cm³/mol. The minimum atomic E-state index is -0.0974. The van der Waals surface area contributed by atoms with Crippen molar-refractivity contribution in [1.82, 2.24) is 9.88 Å². The van der Waals surface area contributed by atoms with Gasteiger partial charge in [-0.25, -0.2) is 4.98 Å². The number of aromatic nitrogens is 1. The van der Waals surface area contributed by atoms with E-state index in [4.69, 9.17) is 5.73 Å². The third-order valence-corrected chi connectivity index (χ3v) is 4.45. The number of nitrogen functional groups attached to an aromatic ring is 1. The third-order valence-electron chi connectivity index (χ3n) is 4.45. The number of anilines is 2. The second kappa shape index (κ2) is 6.88. The first-order chi connectivity index (χ1) is 11.6. The number of aliphatic hydroxyl groups is 1. The molecular formula is C18H22N4O2. The van der Waals surface area contributed by atoms with Gasteiger partial charge in [0.2, 0.25) is 0 Å². The number of aryl methyl sites for hydroxylation is 1. The SMILES string of the molecule is Cc1cc(N)c(C(=O)N2CCN(c3ccccn3)CC2)cc1CO. The van der Waals surface area contributed by atoms with Gasteiger partial charge in [0.05, 0.1) is 12.2 Å². The number of hydrogen-bond acceptors (Lipinski definition) is 5. The van der Waals surface area contributed by atoms with Crippen LogP contribution in [0.2, 0.25) is 0 Å². The summed E-state index contributed by atoms with van der Waals surface area (Å²) in [4.78, 5) is 21.1. The number of hydrogen-bond donors (Lipinski definition) is 2. The van der Waals surface area contributed by atoms with E-state index in [0.29, 0.717) is 24.3 Å². The van der Waals surface area contributed by atoms with Gasteiger partial charge in [-0.05, 0) is 42.3 Å². The lowest BCUT2D eigenvalue weighted by atomic mass is 10.0. The average Bonchev–Trinajstić information content (AvgIpc) is 2.62. The number of aliphatic hydroxyl groups excluding tert-OH is 1. The van der Waals surface area contributed by atoms with Crippen LogP contribution in [0.15, 0.2) is 36.5 Å². The first-order valence-electron chi connectivity index (χ1n) is 8.05. The van der Waals surface area contributed by atoms with Crippen LogP contribution in [0.1, 0.15) is 21.5 Å². The van der Waals surface area contributed by atoms with Crippen molar-refractivity contribution in [2.45, 2.75) is 13.5 Å². The number of piperazine rings is 1. The number of nitrogens with two attached hydrogens (primary N) is 1. The lowest BCUT2D eigenvalue weighted by Crippen LogP contribution is -2.49. The Bertz CT molecular complexity index is 725. The number of carbonyl (C=O) groups excluding carboxylic acids is 1. The second-order valence-electron chi connectivity index (χ2n) is 5.99. The van der Waals surface area contributed by atoms with Gasteiger partial charge in [0.15, 0.2) is 0 Å². The summed E-state index contributed by atoms with van der Waals surface area (Å²) in [6, 6.07) is 9.29. The molecule has 3 rings (SSSR count). The van der Waals surface area contributed by atoms with Crippen molar-refractivity contribution in [2.75, 3.05) is 36.8 Å². The van der Waals surface area contributed by atoms with Gasteiger partial charge >= 0.3 is 0 Å². The molecule has 1 aromatic heterocycles. The molecule has 0 unspecified atom stereocenters. The van der Waals surface area contributed by atoms with Crippen molar-refractivity contribution in [3.05, 3.63) is 53.2 Å². The largest absolute Gasteiger partial charge is 0.398 e. The van der Waals surface area contributed by atoms with Crippen molar-refractivity contribution in [3.8, 4) is 0 Å². The quantitative estimate of drug-likeness (QED) is 0.834. The fourth-order valence-electron chi connectivity index (χ4n) is 2.98. The summed E-state index contributed by atoms with van der Waals surface area (Å²) < 4.78 is 0. The summed E-state index contributed by atoms with van der Waals surface area (Å²) in [5.41, 5.74) is 8.58. The van der Waals surface area contributed by atoms with Crippen molar-refractivity contribution in [2.24, 2.45) is 0 Å². The van der Waals surface area contributed by atoms with Crippen LogP contribution in [-0.2, 0) is 6.61 Å². The molecule has 0 radical (unpaired) electrons. The van der Waals surface area contributed by atoms with Gasteiger partial charge in [-0.15, -0.1) is 0 Å². The van der Waals surface area contributed by atoms with E-state index in [-0.39, 0.29) is 12.5 Å². The number of nitrogens with zero attached hydrogens (tertiary/aromatic N) is 3. The smallest absolute Gasteiger partial charge is 0.256 e. The summed E-state index contributed by atoms with van der Waals surface area (Å²) in [6.07, 6.45) is 1.77. The topological polar surface area (TPSA) is 82.7 Å². The highest BCUT2D eigenvalue weighted by Crippen LogP contribution is 2.22. The van der Waals surface area contributed by atoms with E-state index in [9.17, 15) is 9.90 Å². The van der Waals surface area contributed by atoms with Crippen LogP contribution in [0.3, 0.4) is 0 Å². The van der Waals surface area contributed by atoms with Crippen LogP contribution < -0.4 is 10.6 Å². The van der Waals surface area contributed by atoms with E-state index in [0.717, 1.165) is 30.0 Å². The first-order valence-corrected chi connectivity index (χ1v) is 8.05. The van der Waals surface area contributed by atoms with Crippen molar-refractivity contribution >= 4 is 17.4 Å². The van der Waals surface area contributed by atoms with Crippen LogP contribution >= 0.6 is 0 Å². The Hall–Kier alpha value is -2.60. The Morgan fingerprint density at radius 2 is 2.00 bits per heavy atom. The Morgan fingerprint density at radius 3 is 2.62 bits per heavy atom. The van der Waals surface area contributed by atoms with Gasteiger partial charge in [0, 0.05) is 38.1 Å². The number of carbonyl (C=O) groups is 1. The fraction of sp³-hybridized carbons (Fsp3) is 0.333. The fourth-order valence-corrected chi connectivity index (χ4v) is 2.98. The summed E-state index contributed by atoms with van der Waals surface area (Å²) >= 11 is 0. The normalized spacial score (nSPS) is 14.8. The highest BCUT2D eigenvalue weighted by molar-refractivity contribution is 5.99. The van der Waals surface area contributed by atoms with Gasteiger partial charge in [-0.2, -0.15) is 0 Å². The zero-order valence-corrected chi connectivity index (χ0v) is 13.8. The van der Waals surface area contributed by atoms with E-state index < -0.39 is 0 Å². The third kappa shape index (κ3) is 3.19. The molecule has 0 aliphatic carbocycles. The maximum absolute atomic E-state index is 12.8. The van der Waals surface area contributed by atoms with Crippen molar-refractivity contribution < 1.29 is 9.90 Å². The summed E-state index contributed by atoms with van der Waals surface area (Å²) in [5.74, 6) is 0.852. The molecule has 24 heavy (non-hydrogen) atoms. The number of pyridine rings is 1. The molecule has 126 valence electrons. The number of amides is 1. The van der Waals surface area contributed by atoms with Crippen LogP contribution in [-0.4, -0.2) is 47.1 Å². The molecule has 1 aromatic carbocycles. The van der Waals surface area contributed by atoms with E-state index in [1.54, 1.807) is 18.3 Å². The highest BCUT2D eigenvalue weighted by Gasteiger charge is 2.24. The summed E-state index contributed by atoms with van der Waals surface area (Å²) in [7, 11) is 0. The zero-order valence-electron chi connectivity index (χ0n) is 13.8. The molecule has 6 nitrogen and oxygen atoms in total. The highest BCUT2D eigenvalue weighted by atomic mass is 16.3. The maximum atomic E-state index is 12.8. The molecule has 6 heteroatoms. The zero-order chi connectivity index (χ0) is 17.1. The molecule has 1 amide bonds. The van der Waals surface area contributed by atoms with Gasteiger partial charge in [-0.1, -0.05) is 6.07 Å². The van der Waals surface area contributed by atoms with Crippen LogP contribution in [0.4, 0.5) is 11.5 Å². The van der Waals surface area contributed by atoms with Crippen molar-refractivity contribution in [3.63, 3.8) is 0 Å². The molecule has 0 bridgehead atoms. The Balaban J connectivity index is 1.72. The van der Waals surface area contributed by atoms with Crippen LogP contribution in [0.5, 0.6) is 0 Å². The van der Waals surface area contributed by atoms with Crippen LogP contribution in [0, 0.1) is 6.92 Å². The standard InChI is InChI=1S/C18H22N4O2/c1-13-10-16(19)15(11-14(13)12-23)18(24)22-8-6-21(7-9-22)17-4-2-3-5-20-17/h2-5,10-11,23H,6-9,12,19H2,1H3. The van der Waals surface area contributed by atoms with E-state index in [1.807, 2.05) is 30.0 Å². The summed E-state index contributed by atoms with van der Waals surface area (Å²) in [5, 5.41) is 9.41. The van der Waals surface area contributed by atoms with Gasteiger partial charge in [0.25, 0.3) is 5.91 Å². The van der Waals surface area contributed by atoms with E-state index in [2.05, 4.69) is 9.88 Å². The van der Waals surface area contributed by atoms with Gasteiger partial charge in [-0.3, -0.25) is 4.79 Å². The molecule has 0 saturated carbocycles. The first kappa shape index (κ1) is 16.3. The lowest BCUT2D eigenvalue weighted by Gasteiger charge is -2.35. The molecule has 1 aliphatic heterocycles. The molecular weight excluding hydrogens is 304 g/mol. The Labute approximate surface area is 141 Å². The predicted octanol–water partition coefficient (Wildman–Crippen LogP) is 1.43. The lowest BCUT2D eigenvalue weighted by molar-refractivity contribution is 0.0747. The molecule has 2 aromatic rings. The molecule has 3 N–H and O–H groups in total. The van der Waals surface area contributed by atoms with Crippen LogP contribution in [0.25, 0.3) is 0 Å². The molecule has 2 heterocycles. The molecule has 1 aliphatic rings. The maximum Gasteiger partial charge on any atom is 0.256 e. The van der Waals surface area contributed by atoms with E-state index in [1.165, 1.54) is 0 Å². The van der Waals surface area contributed by atoms with Gasteiger partial charge in [0.1, 0.15) is 5.82 Å². The van der Waals surface area contributed by atoms with Crippen molar-refractivity contribution in [1.29, 1.82) is 0 Å². The average molecular weight is 326 g/mol. The number of benzene rings is 1. The van der Waals surface area contributed by atoms with E-state index >= 15 is 0 Å². The molecule has 0 spiro atoms. The molecule has 1 fully saturated rings. The second-order valence-corrected chi connectivity index (χ2v) is 5.99. The Kier molecular flexibility index (Phi) is 4.66. The minimum absolute atomic E-state index is 0.0807. The monoisotopic (exact) mass is 326 g/mol. The summed E-state index contributed by atoms with van der Waals surface area (Å²) in [6.45, 7) is 4.50. The number of rotatable bonds is 3. The van der Waals surface area contributed by atoms with Gasteiger partial charge < -0.3 is 20.6 Å². The molecule has 0 atom stereocenters. The minimum Gasteiger partial charge on any atom is -0.398 e. The molecule has 1 saturated heterocycles.